The lowest BCUT2D eigenvalue weighted by atomic mass is 9.77. The van der Waals surface area contributed by atoms with Crippen LogP contribution in [0.25, 0.3) is 0 Å². The number of nitriles is 1. The molecule has 0 saturated carbocycles. The molecule has 1 saturated heterocycles. The van der Waals surface area contributed by atoms with Crippen molar-refractivity contribution in [3.63, 3.8) is 0 Å². The van der Waals surface area contributed by atoms with E-state index in [0.29, 0.717) is 11.3 Å². The molecule has 1 atom stereocenters. The number of piperidine rings is 1. The normalized spacial score (nSPS) is 22.5. The number of hydrogen-bond acceptors (Lipinski definition) is 3. The highest BCUT2D eigenvalue weighted by Gasteiger charge is 2.37. The third kappa shape index (κ3) is 2.94. The van der Waals surface area contributed by atoms with Crippen LogP contribution >= 0.6 is 0 Å². The summed E-state index contributed by atoms with van der Waals surface area (Å²) < 4.78 is 0. The van der Waals surface area contributed by atoms with E-state index in [4.69, 9.17) is 5.26 Å². The molecule has 1 aliphatic heterocycles. The monoisotopic (exact) mass is 257 g/mol. The fraction of sp³-hybridized carbons (Fsp3) is 0.467. The fourth-order valence-corrected chi connectivity index (χ4v) is 2.55. The van der Waals surface area contributed by atoms with Gasteiger partial charge in [0.25, 0.3) is 0 Å². The van der Waals surface area contributed by atoms with Crippen LogP contribution in [0.1, 0.15) is 31.7 Å². The lowest BCUT2D eigenvalue weighted by molar-refractivity contribution is -0.126. The Morgan fingerprint density at radius 1 is 1.58 bits per heavy atom. The molecule has 100 valence electrons. The zero-order chi connectivity index (χ0) is 13.7. The fourth-order valence-electron chi connectivity index (χ4n) is 2.55. The van der Waals surface area contributed by atoms with Crippen LogP contribution in [0.5, 0.6) is 0 Å². The maximum atomic E-state index is 12.5. The van der Waals surface area contributed by atoms with Crippen molar-refractivity contribution in [2.24, 2.45) is 5.41 Å². The molecule has 2 rings (SSSR count). The predicted octanol–water partition coefficient (Wildman–Crippen LogP) is 2.28. The Hall–Kier alpha value is -1.86. The summed E-state index contributed by atoms with van der Waals surface area (Å²) in [6.07, 6.45) is 2.77. The number of amides is 1. The summed E-state index contributed by atoms with van der Waals surface area (Å²) in [6, 6.07) is 9.12. The lowest BCUT2D eigenvalue weighted by Gasteiger charge is -2.35. The van der Waals surface area contributed by atoms with Crippen LogP contribution in [0.3, 0.4) is 0 Å². The van der Waals surface area contributed by atoms with Crippen LogP contribution in [0, 0.1) is 16.7 Å². The van der Waals surface area contributed by atoms with E-state index in [1.54, 1.807) is 18.2 Å². The van der Waals surface area contributed by atoms with Crippen LogP contribution in [0.15, 0.2) is 24.3 Å². The predicted molar refractivity (Wildman–Crippen MR) is 74.6 cm³/mol. The van der Waals surface area contributed by atoms with Crippen molar-refractivity contribution in [3.05, 3.63) is 29.8 Å². The van der Waals surface area contributed by atoms with Gasteiger partial charge >= 0.3 is 0 Å². The molecular formula is C15H19N3O. The smallest absolute Gasteiger partial charge is 0.231 e. The topological polar surface area (TPSA) is 64.9 Å². The average molecular weight is 257 g/mol. The van der Waals surface area contributed by atoms with E-state index in [1.165, 1.54) is 0 Å². The van der Waals surface area contributed by atoms with Gasteiger partial charge in [-0.1, -0.05) is 13.0 Å². The Kier molecular flexibility index (Phi) is 4.18. The minimum absolute atomic E-state index is 0.0530. The number of carbonyl (C=O) groups excluding carboxylic acids is 1. The highest BCUT2D eigenvalue weighted by Crippen LogP contribution is 2.31. The quantitative estimate of drug-likeness (QED) is 0.873. The van der Waals surface area contributed by atoms with Gasteiger partial charge in [-0.25, -0.2) is 0 Å². The molecule has 4 heteroatoms. The van der Waals surface area contributed by atoms with Crippen molar-refractivity contribution in [2.45, 2.75) is 26.2 Å². The van der Waals surface area contributed by atoms with Gasteiger partial charge in [0.15, 0.2) is 0 Å². The number of anilines is 1. The van der Waals surface area contributed by atoms with Gasteiger partial charge in [0, 0.05) is 12.2 Å². The van der Waals surface area contributed by atoms with E-state index < -0.39 is 0 Å². The van der Waals surface area contributed by atoms with Gasteiger partial charge < -0.3 is 10.6 Å². The number of rotatable bonds is 3. The first kappa shape index (κ1) is 13.6. The Morgan fingerprint density at radius 3 is 3.05 bits per heavy atom. The van der Waals surface area contributed by atoms with Gasteiger partial charge in [-0.2, -0.15) is 5.26 Å². The van der Waals surface area contributed by atoms with Crippen molar-refractivity contribution in [3.8, 4) is 6.07 Å². The Balaban J connectivity index is 2.13. The molecule has 0 bridgehead atoms. The largest absolute Gasteiger partial charge is 0.326 e. The zero-order valence-electron chi connectivity index (χ0n) is 11.2. The molecule has 1 fully saturated rings. The Bertz CT molecular complexity index is 498. The lowest BCUT2D eigenvalue weighted by Crippen LogP contribution is -2.47. The van der Waals surface area contributed by atoms with Gasteiger partial charge in [-0.05, 0) is 44.0 Å². The molecule has 1 aromatic rings. The molecule has 1 aromatic carbocycles. The Morgan fingerprint density at radius 2 is 2.42 bits per heavy atom. The summed E-state index contributed by atoms with van der Waals surface area (Å²) in [4.78, 5) is 12.5. The van der Waals surface area contributed by atoms with Crippen LogP contribution in [0.4, 0.5) is 5.69 Å². The molecule has 0 aromatic heterocycles. The molecule has 0 aliphatic carbocycles. The minimum atomic E-state index is -0.319. The van der Waals surface area contributed by atoms with Crippen molar-refractivity contribution in [1.29, 1.82) is 5.26 Å². The third-order valence-corrected chi connectivity index (χ3v) is 3.88. The molecule has 1 aliphatic rings. The second-order valence-electron chi connectivity index (χ2n) is 5.06. The van der Waals surface area contributed by atoms with E-state index in [2.05, 4.69) is 23.6 Å². The second-order valence-corrected chi connectivity index (χ2v) is 5.06. The summed E-state index contributed by atoms with van der Waals surface area (Å²) in [5.41, 5.74) is 0.938. The standard InChI is InChI=1S/C15H19N3O/c1-2-15(7-4-8-17-11-15)14(19)18-13-6-3-5-12(9-13)10-16/h3,5-6,9,17H,2,4,7-8,11H2,1H3,(H,18,19). The van der Waals surface area contributed by atoms with Crippen molar-refractivity contribution >= 4 is 11.6 Å². The molecule has 2 N–H and O–H groups in total. The van der Waals surface area contributed by atoms with Crippen LogP contribution in [-0.2, 0) is 4.79 Å². The van der Waals surface area contributed by atoms with E-state index in [1.807, 2.05) is 6.07 Å². The van der Waals surface area contributed by atoms with Crippen molar-refractivity contribution < 1.29 is 4.79 Å². The van der Waals surface area contributed by atoms with Gasteiger partial charge in [0.1, 0.15) is 0 Å². The summed E-state index contributed by atoms with van der Waals surface area (Å²) in [5, 5.41) is 15.1. The van der Waals surface area contributed by atoms with E-state index in [-0.39, 0.29) is 11.3 Å². The van der Waals surface area contributed by atoms with E-state index in [0.717, 1.165) is 32.4 Å². The number of benzene rings is 1. The molecule has 1 amide bonds. The molecule has 1 heterocycles. The van der Waals surface area contributed by atoms with Gasteiger partial charge in [0.05, 0.1) is 17.0 Å². The summed E-state index contributed by atoms with van der Waals surface area (Å²) in [5.74, 6) is 0.0530. The maximum absolute atomic E-state index is 12.5. The Labute approximate surface area is 113 Å². The number of nitrogens with one attached hydrogen (secondary N) is 2. The van der Waals surface area contributed by atoms with Crippen molar-refractivity contribution in [1.82, 2.24) is 5.32 Å². The van der Waals surface area contributed by atoms with Gasteiger partial charge in [0.2, 0.25) is 5.91 Å². The first-order valence-corrected chi connectivity index (χ1v) is 6.72. The van der Waals surface area contributed by atoms with Crippen LogP contribution < -0.4 is 10.6 Å². The SMILES string of the molecule is CCC1(C(=O)Nc2cccc(C#N)c2)CCCNC1. The first-order chi connectivity index (χ1) is 9.20. The first-order valence-electron chi connectivity index (χ1n) is 6.72. The van der Waals surface area contributed by atoms with Crippen LogP contribution in [0.2, 0.25) is 0 Å². The molecule has 1 unspecified atom stereocenters. The summed E-state index contributed by atoms with van der Waals surface area (Å²) in [7, 11) is 0. The van der Waals surface area contributed by atoms with Crippen molar-refractivity contribution in [2.75, 3.05) is 18.4 Å². The zero-order valence-corrected chi connectivity index (χ0v) is 11.2. The average Bonchev–Trinajstić information content (AvgIpc) is 2.48. The van der Waals surface area contributed by atoms with Crippen LogP contribution in [-0.4, -0.2) is 19.0 Å². The summed E-state index contributed by atoms with van der Waals surface area (Å²) in [6.45, 7) is 3.77. The van der Waals surface area contributed by atoms with Gasteiger partial charge in [-0.15, -0.1) is 0 Å². The second kappa shape index (κ2) is 5.85. The molecule has 0 radical (unpaired) electrons. The van der Waals surface area contributed by atoms with E-state index in [9.17, 15) is 4.79 Å². The maximum Gasteiger partial charge on any atom is 0.231 e. The number of hydrogen-bond donors (Lipinski definition) is 2. The summed E-state index contributed by atoms with van der Waals surface area (Å²) >= 11 is 0. The molecule has 19 heavy (non-hydrogen) atoms. The van der Waals surface area contributed by atoms with Gasteiger partial charge in [-0.3, -0.25) is 4.79 Å². The molecule has 0 spiro atoms. The highest BCUT2D eigenvalue weighted by atomic mass is 16.2. The highest BCUT2D eigenvalue weighted by molar-refractivity contribution is 5.95. The molecular weight excluding hydrogens is 238 g/mol. The molecule has 4 nitrogen and oxygen atoms in total. The third-order valence-electron chi connectivity index (χ3n) is 3.88. The minimum Gasteiger partial charge on any atom is -0.326 e. The number of carbonyl (C=O) groups is 1. The number of nitrogens with zero attached hydrogens (tertiary/aromatic N) is 1. The van der Waals surface area contributed by atoms with E-state index >= 15 is 0 Å².